The highest BCUT2D eigenvalue weighted by molar-refractivity contribution is 6.31. The number of Topliss-reactive ketones (excluding diaryl/α,β-unsaturated/α-hetero) is 1. The summed E-state index contributed by atoms with van der Waals surface area (Å²) < 4.78 is 5.28. The number of ketones is 1. The fourth-order valence-corrected chi connectivity index (χ4v) is 2.84. The highest BCUT2D eigenvalue weighted by Crippen LogP contribution is 2.30. The minimum Gasteiger partial charge on any atom is -0.496 e. The molecule has 2 rings (SSSR count). The molecule has 0 heterocycles. The molecular weight excluding hydrogens is 352 g/mol. The molecule has 0 fully saturated rings. The van der Waals surface area contributed by atoms with E-state index in [-0.39, 0.29) is 17.6 Å². The van der Waals surface area contributed by atoms with Crippen molar-refractivity contribution in [3.8, 4) is 5.75 Å². The van der Waals surface area contributed by atoms with E-state index in [1.165, 1.54) is 7.11 Å². The summed E-state index contributed by atoms with van der Waals surface area (Å²) in [6.07, 6.45) is 0. The van der Waals surface area contributed by atoms with E-state index in [9.17, 15) is 9.59 Å². The summed E-state index contributed by atoms with van der Waals surface area (Å²) in [6, 6.07) is 12.5. The van der Waals surface area contributed by atoms with Crippen molar-refractivity contribution in [3.05, 3.63) is 53.6 Å². The number of hydrogen-bond acceptors (Lipinski definition) is 4. The summed E-state index contributed by atoms with van der Waals surface area (Å²) in [5.74, 6) is 0.113. The summed E-state index contributed by atoms with van der Waals surface area (Å²) in [5, 5.41) is 3.20. The van der Waals surface area contributed by atoms with Gasteiger partial charge >= 0.3 is 0 Å². The maximum Gasteiger partial charge on any atom is 0.253 e. The molecule has 26 heavy (non-hydrogen) atoms. The first kappa shape index (κ1) is 19.8. The van der Waals surface area contributed by atoms with Crippen LogP contribution in [0.15, 0.2) is 42.5 Å². The molecule has 2 aromatic rings. The van der Waals surface area contributed by atoms with Gasteiger partial charge in [0.1, 0.15) is 5.75 Å². The van der Waals surface area contributed by atoms with Crippen LogP contribution in [-0.4, -0.2) is 42.7 Å². The van der Waals surface area contributed by atoms with Crippen LogP contribution in [0.3, 0.4) is 0 Å². The Labute approximate surface area is 158 Å². The second kappa shape index (κ2) is 9.25. The maximum absolute atomic E-state index is 12.4. The second-order valence-electron chi connectivity index (χ2n) is 5.62. The van der Waals surface area contributed by atoms with E-state index in [0.29, 0.717) is 35.7 Å². The zero-order chi connectivity index (χ0) is 19.1. The van der Waals surface area contributed by atoms with E-state index in [2.05, 4.69) is 5.32 Å². The Morgan fingerprint density at radius 1 is 1.08 bits per heavy atom. The lowest BCUT2D eigenvalue weighted by Crippen LogP contribution is -2.30. The third-order valence-electron chi connectivity index (χ3n) is 4.11. The first-order valence-corrected chi connectivity index (χ1v) is 9.01. The molecule has 0 aliphatic carbocycles. The molecule has 1 N–H and O–H groups in total. The molecule has 0 spiro atoms. The van der Waals surface area contributed by atoms with Gasteiger partial charge in [-0.3, -0.25) is 9.59 Å². The number of rotatable bonds is 8. The summed E-state index contributed by atoms with van der Waals surface area (Å²) in [7, 11) is 1.51. The van der Waals surface area contributed by atoms with Gasteiger partial charge in [-0.15, -0.1) is 11.6 Å². The highest BCUT2D eigenvalue weighted by atomic mass is 35.5. The molecule has 0 aliphatic heterocycles. The molecule has 0 radical (unpaired) electrons. The van der Waals surface area contributed by atoms with Crippen LogP contribution in [-0.2, 0) is 0 Å². The van der Waals surface area contributed by atoms with Crippen molar-refractivity contribution >= 4 is 34.7 Å². The van der Waals surface area contributed by atoms with Gasteiger partial charge in [0, 0.05) is 24.3 Å². The average Bonchev–Trinajstić information content (AvgIpc) is 2.68. The van der Waals surface area contributed by atoms with Gasteiger partial charge in [0.2, 0.25) is 0 Å². The second-order valence-corrected chi connectivity index (χ2v) is 5.89. The van der Waals surface area contributed by atoms with Crippen LogP contribution in [0.25, 0.3) is 0 Å². The predicted octanol–water partition coefficient (Wildman–Crippen LogP) is 4.34. The van der Waals surface area contributed by atoms with Crippen LogP contribution < -0.4 is 10.1 Å². The lowest BCUT2D eigenvalue weighted by molar-refractivity contribution is 0.0773. The van der Waals surface area contributed by atoms with Crippen molar-refractivity contribution in [2.45, 2.75) is 13.8 Å². The van der Waals surface area contributed by atoms with Gasteiger partial charge in [0.15, 0.2) is 5.78 Å². The normalized spacial score (nSPS) is 10.3. The van der Waals surface area contributed by atoms with Crippen LogP contribution in [0.1, 0.15) is 34.6 Å². The zero-order valence-electron chi connectivity index (χ0n) is 15.2. The van der Waals surface area contributed by atoms with Crippen LogP contribution in [0.2, 0.25) is 0 Å². The number of methoxy groups -OCH3 is 1. The molecule has 0 unspecified atom stereocenters. The number of nitrogens with zero attached hydrogens (tertiary/aromatic N) is 1. The third-order valence-corrected chi connectivity index (χ3v) is 4.35. The number of nitrogens with one attached hydrogen (secondary N) is 1. The molecule has 0 saturated carbocycles. The van der Waals surface area contributed by atoms with E-state index in [0.717, 1.165) is 5.69 Å². The first-order valence-electron chi connectivity index (χ1n) is 8.48. The van der Waals surface area contributed by atoms with E-state index in [1.54, 1.807) is 35.2 Å². The van der Waals surface area contributed by atoms with E-state index >= 15 is 0 Å². The van der Waals surface area contributed by atoms with E-state index in [4.69, 9.17) is 16.3 Å². The molecule has 0 atom stereocenters. The summed E-state index contributed by atoms with van der Waals surface area (Å²) in [5.41, 5.74) is 2.41. The van der Waals surface area contributed by atoms with Crippen LogP contribution in [0.4, 0.5) is 11.4 Å². The van der Waals surface area contributed by atoms with Crippen molar-refractivity contribution < 1.29 is 14.3 Å². The monoisotopic (exact) mass is 374 g/mol. The van der Waals surface area contributed by atoms with Gasteiger partial charge in [-0.05, 0) is 50.2 Å². The number of ether oxygens (including phenoxy) is 1. The van der Waals surface area contributed by atoms with Crippen molar-refractivity contribution in [2.24, 2.45) is 0 Å². The molecule has 5 nitrogen and oxygen atoms in total. The SMILES string of the molecule is CCN(CC)C(=O)c1ccc(Nc2cccc(OC)c2C(=O)CCl)cc1. The number of hydrogen-bond donors (Lipinski definition) is 1. The minimum atomic E-state index is -0.222. The minimum absolute atomic E-state index is 0.000868. The van der Waals surface area contributed by atoms with E-state index in [1.807, 2.05) is 26.0 Å². The molecule has 6 heteroatoms. The Morgan fingerprint density at radius 3 is 2.27 bits per heavy atom. The Balaban J connectivity index is 2.27. The van der Waals surface area contributed by atoms with Crippen molar-refractivity contribution in [1.29, 1.82) is 0 Å². The van der Waals surface area contributed by atoms with Gasteiger partial charge in [0.05, 0.1) is 24.2 Å². The summed E-state index contributed by atoms with van der Waals surface area (Å²) in [6.45, 7) is 5.25. The highest BCUT2D eigenvalue weighted by Gasteiger charge is 2.17. The number of anilines is 2. The Bertz CT molecular complexity index is 771. The number of halogens is 1. The lowest BCUT2D eigenvalue weighted by atomic mass is 10.1. The molecule has 0 saturated heterocycles. The quantitative estimate of drug-likeness (QED) is 0.551. The number of alkyl halides is 1. The van der Waals surface area contributed by atoms with Gasteiger partial charge in [-0.25, -0.2) is 0 Å². The fourth-order valence-electron chi connectivity index (χ4n) is 2.70. The first-order chi connectivity index (χ1) is 12.5. The standard InChI is InChI=1S/C20H23ClN2O3/c1-4-23(5-2)20(25)14-9-11-15(12-10-14)22-16-7-6-8-18(26-3)19(16)17(24)13-21/h6-12,22H,4-5,13H2,1-3H3. The Kier molecular flexibility index (Phi) is 7.04. The van der Waals surface area contributed by atoms with Crippen molar-refractivity contribution in [1.82, 2.24) is 4.90 Å². The maximum atomic E-state index is 12.4. The molecule has 1 amide bonds. The Hall–Kier alpha value is -2.53. The zero-order valence-corrected chi connectivity index (χ0v) is 16.0. The number of carbonyl (C=O) groups excluding carboxylic acids is 2. The summed E-state index contributed by atoms with van der Waals surface area (Å²) in [4.78, 5) is 26.3. The average molecular weight is 375 g/mol. The van der Waals surface area contributed by atoms with Gasteiger partial charge in [-0.2, -0.15) is 0 Å². The molecule has 0 aromatic heterocycles. The molecule has 138 valence electrons. The van der Waals surface area contributed by atoms with Crippen LogP contribution >= 0.6 is 11.6 Å². The predicted molar refractivity (Wildman–Crippen MR) is 105 cm³/mol. The third kappa shape index (κ3) is 4.35. The Morgan fingerprint density at radius 2 is 1.73 bits per heavy atom. The number of amides is 1. The fraction of sp³-hybridized carbons (Fsp3) is 0.300. The summed E-state index contributed by atoms with van der Waals surface area (Å²) >= 11 is 5.73. The van der Waals surface area contributed by atoms with Gasteiger partial charge in [-0.1, -0.05) is 6.07 Å². The molecular formula is C20H23ClN2O3. The molecule has 2 aromatic carbocycles. The number of benzene rings is 2. The molecule has 0 bridgehead atoms. The van der Waals surface area contributed by atoms with Crippen molar-refractivity contribution in [2.75, 3.05) is 31.4 Å². The van der Waals surface area contributed by atoms with Crippen LogP contribution in [0, 0.1) is 0 Å². The smallest absolute Gasteiger partial charge is 0.253 e. The largest absolute Gasteiger partial charge is 0.496 e. The van der Waals surface area contributed by atoms with E-state index < -0.39 is 0 Å². The number of carbonyl (C=O) groups is 2. The molecule has 0 aliphatic rings. The van der Waals surface area contributed by atoms with Crippen molar-refractivity contribution in [3.63, 3.8) is 0 Å². The van der Waals surface area contributed by atoms with Crippen LogP contribution in [0.5, 0.6) is 5.75 Å². The van der Waals surface area contributed by atoms with Gasteiger partial charge < -0.3 is 15.0 Å². The lowest BCUT2D eigenvalue weighted by Gasteiger charge is -2.19. The van der Waals surface area contributed by atoms with Gasteiger partial charge in [0.25, 0.3) is 5.91 Å². The topological polar surface area (TPSA) is 58.6 Å².